The number of benzene rings is 1. The van der Waals surface area contributed by atoms with Crippen LogP contribution in [0.4, 0.5) is 0 Å². The van der Waals surface area contributed by atoms with Crippen molar-refractivity contribution in [3.63, 3.8) is 0 Å². The van der Waals surface area contributed by atoms with Gasteiger partial charge in [0.15, 0.2) is 11.8 Å². The minimum Gasteiger partial charge on any atom is -0.497 e. The average Bonchev–Trinajstić information content (AvgIpc) is 3.41. The third-order valence-corrected chi connectivity index (χ3v) is 5.28. The van der Waals surface area contributed by atoms with E-state index in [0.29, 0.717) is 19.8 Å². The largest absolute Gasteiger partial charge is 0.497 e. The molecule has 0 aliphatic carbocycles. The molecule has 2 aromatic rings. The lowest BCUT2D eigenvalue weighted by Gasteiger charge is -2.20. The number of nitrogens with one attached hydrogen (secondary N) is 2. The van der Waals surface area contributed by atoms with Crippen LogP contribution in [0, 0.1) is 6.92 Å². The van der Waals surface area contributed by atoms with Crippen LogP contribution in [0.25, 0.3) is 0 Å². The summed E-state index contributed by atoms with van der Waals surface area (Å²) < 4.78 is 18.5. The van der Waals surface area contributed by atoms with Gasteiger partial charge in [-0.25, -0.2) is 4.99 Å². The molecule has 0 amide bonds. The lowest BCUT2D eigenvalue weighted by Crippen LogP contribution is -2.45. The highest BCUT2D eigenvalue weighted by molar-refractivity contribution is 14.0. The summed E-state index contributed by atoms with van der Waals surface area (Å²) in [5, 5.41) is 15.2. The molecule has 1 fully saturated rings. The summed E-state index contributed by atoms with van der Waals surface area (Å²) in [6.45, 7) is 7.26. The molecule has 3 rings (SSSR count). The zero-order valence-electron chi connectivity index (χ0n) is 19.3. The van der Waals surface area contributed by atoms with Crippen molar-refractivity contribution in [1.29, 1.82) is 0 Å². The molecule has 1 aromatic carbocycles. The number of guanidine groups is 1. The average molecular weight is 558 g/mol. The molecule has 178 valence electrons. The van der Waals surface area contributed by atoms with Crippen molar-refractivity contribution in [2.24, 2.45) is 12.0 Å². The fourth-order valence-corrected chi connectivity index (χ4v) is 3.21. The van der Waals surface area contributed by atoms with Crippen molar-refractivity contribution in [1.82, 2.24) is 25.4 Å². The molecule has 0 bridgehead atoms. The van der Waals surface area contributed by atoms with Gasteiger partial charge >= 0.3 is 0 Å². The molecule has 2 atom stereocenters. The number of rotatable bonds is 10. The number of hydrogen-bond acceptors (Lipinski definition) is 6. The molecular weight excluding hydrogens is 523 g/mol. The Kier molecular flexibility index (Phi) is 11.2. The summed E-state index contributed by atoms with van der Waals surface area (Å²) >= 11 is 0. The van der Waals surface area contributed by atoms with Gasteiger partial charge < -0.3 is 29.4 Å². The van der Waals surface area contributed by atoms with E-state index in [1.54, 1.807) is 7.11 Å². The third-order valence-electron chi connectivity index (χ3n) is 5.28. The summed E-state index contributed by atoms with van der Waals surface area (Å²) in [6.07, 6.45) is 2.02. The number of hydrogen-bond donors (Lipinski definition) is 2. The predicted molar refractivity (Wildman–Crippen MR) is 135 cm³/mol. The van der Waals surface area contributed by atoms with E-state index in [2.05, 4.69) is 39.9 Å². The van der Waals surface area contributed by atoms with Crippen LogP contribution in [-0.4, -0.2) is 66.3 Å². The lowest BCUT2D eigenvalue weighted by molar-refractivity contribution is 0.0347. The first-order valence-electron chi connectivity index (χ1n) is 10.8. The van der Waals surface area contributed by atoms with Gasteiger partial charge in [0.25, 0.3) is 0 Å². The maximum Gasteiger partial charge on any atom is 0.192 e. The van der Waals surface area contributed by atoms with Gasteiger partial charge in [-0.15, -0.1) is 34.2 Å². The van der Waals surface area contributed by atoms with Crippen LogP contribution in [0.1, 0.15) is 30.6 Å². The molecule has 9 nitrogen and oxygen atoms in total. The van der Waals surface area contributed by atoms with Gasteiger partial charge in [0.1, 0.15) is 18.1 Å². The van der Waals surface area contributed by atoms with E-state index in [9.17, 15) is 0 Å². The number of halogens is 1. The minimum absolute atomic E-state index is 0. The highest BCUT2D eigenvalue weighted by Gasteiger charge is 2.17. The second kappa shape index (κ2) is 13.6. The van der Waals surface area contributed by atoms with Crippen LogP contribution in [-0.2, 0) is 29.5 Å². The smallest absolute Gasteiger partial charge is 0.192 e. The SMILES string of the molecule is COc1ccc(CCNC(=NCc2nnc(C)n2C)NC(C)COC2CCOC2)cc1.I. The van der Waals surface area contributed by atoms with E-state index in [4.69, 9.17) is 19.2 Å². The molecule has 1 aromatic heterocycles. The normalized spacial score (nSPS) is 17.0. The van der Waals surface area contributed by atoms with E-state index in [0.717, 1.165) is 49.4 Å². The third kappa shape index (κ3) is 8.21. The van der Waals surface area contributed by atoms with Gasteiger partial charge in [-0.3, -0.25) is 0 Å². The Bertz CT molecular complexity index is 837. The first-order chi connectivity index (χ1) is 15.0. The zero-order valence-corrected chi connectivity index (χ0v) is 21.7. The summed E-state index contributed by atoms with van der Waals surface area (Å²) in [4.78, 5) is 4.72. The standard InChI is InChI=1S/C22H34N6O3.HI/c1-16(14-31-20-10-12-30-15-20)25-22(24-13-21-27-26-17(2)28(21)3)23-11-9-18-5-7-19(29-4)8-6-18;/h5-8,16,20H,9-15H2,1-4H3,(H2,23,24,25);1H. The molecule has 2 N–H and O–H groups in total. The van der Waals surface area contributed by atoms with Gasteiger partial charge in [0.05, 0.1) is 26.4 Å². The first kappa shape index (κ1) is 26.3. The quantitative estimate of drug-likeness (QED) is 0.263. The fourth-order valence-electron chi connectivity index (χ4n) is 3.21. The molecular formula is C22H35IN6O3. The second-order valence-corrected chi connectivity index (χ2v) is 7.78. The zero-order chi connectivity index (χ0) is 22.1. The van der Waals surface area contributed by atoms with E-state index < -0.39 is 0 Å². The predicted octanol–water partition coefficient (Wildman–Crippen LogP) is 2.22. The number of aromatic nitrogens is 3. The van der Waals surface area contributed by atoms with Gasteiger partial charge in [0, 0.05) is 26.2 Å². The Morgan fingerprint density at radius 2 is 2.09 bits per heavy atom. The van der Waals surface area contributed by atoms with Crippen LogP contribution in [0.3, 0.4) is 0 Å². The number of ether oxygens (including phenoxy) is 3. The second-order valence-electron chi connectivity index (χ2n) is 7.78. The van der Waals surface area contributed by atoms with E-state index in [1.807, 2.05) is 30.7 Å². The number of aryl methyl sites for hydroxylation is 1. The molecule has 0 saturated carbocycles. The Morgan fingerprint density at radius 1 is 1.31 bits per heavy atom. The Labute approximate surface area is 207 Å². The molecule has 0 spiro atoms. The van der Waals surface area contributed by atoms with E-state index >= 15 is 0 Å². The molecule has 1 aliphatic rings. The Morgan fingerprint density at radius 3 is 2.72 bits per heavy atom. The topological polar surface area (TPSA) is 94.8 Å². The lowest BCUT2D eigenvalue weighted by atomic mass is 10.1. The minimum atomic E-state index is 0. The molecule has 2 heterocycles. The molecule has 0 radical (unpaired) electrons. The van der Waals surface area contributed by atoms with Crippen LogP contribution in [0.2, 0.25) is 0 Å². The van der Waals surface area contributed by atoms with Crippen molar-refractivity contribution in [3.05, 3.63) is 41.5 Å². The van der Waals surface area contributed by atoms with Crippen molar-refractivity contribution >= 4 is 29.9 Å². The monoisotopic (exact) mass is 558 g/mol. The van der Waals surface area contributed by atoms with Crippen LogP contribution < -0.4 is 15.4 Å². The van der Waals surface area contributed by atoms with Crippen LogP contribution >= 0.6 is 24.0 Å². The van der Waals surface area contributed by atoms with Gasteiger partial charge in [-0.05, 0) is 44.4 Å². The van der Waals surface area contributed by atoms with Crippen LogP contribution in [0.5, 0.6) is 5.75 Å². The van der Waals surface area contributed by atoms with E-state index in [1.165, 1.54) is 5.56 Å². The summed E-state index contributed by atoms with van der Waals surface area (Å²) in [5.41, 5.74) is 1.23. The molecule has 10 heteroatoms. The first-order valence-corrected chi connectivity index (χ1v) is 10.8. The van der Waals surface area contributed by atoms with Gasteiger partial charge in [-0.1, -0.05) is 12.1 Å². The van der Waals surface area contributed by atoms with Crippen LogP contribution in [0.15, 0.2) is 29.3 Å². The Hall–Kier alpha value is -1.92. The highest BCUT2D eigenvalue weighted by atomic mass is 127. The fraction of sp³-hybridized carbons (Fsp3) is 0.591. The Balaban J connectivity index is 0.00000363. The summed E-state index contributed by atoms with van der Waals surface area (Å²) in [7, 11) is 3.62. The summed E-state index contributed by atoms with van der Waals surface area (Å²) in [6, 6.07) is 8.21. The molecule has 1 saturated heterocycles. The number of aliphatic imine (C=N–C) groups is 1. The number of methoxy groups -OCH3 is 1. The van der Waals surface area contributed by atoms with Gasteiger partial charge in [0.2, 0.25) is 0 Å². The maximum absolute atomic E-state index is 5.94. The molecule has 1 aliphatic heterocycles. The van der Waals surface area contributed by atoms with Crippen molar-refractivity contribution < 1.29 is 14.2 Å². The molecule has 32 heavy (non-hydrogen) atoms. The van der Waals surface area contributed by atoms with Crippen molar-refractivity contribution in [2.45, 2.75) is 45.4 Å². The van der Waals surface area contributed by atoms with Gasteiger partial charge in [-0.2, -0.15) is 0 Å². The van der Waals surface area contributed by atoms with Crippen molar-refractivity contribution in [3.8, 4) is 5.75 Å². The molecule has 2 unspecified atom stereocenters. The summed E-state index contributed by atoms with van der Waals surface area (Å²) in [5.74, 6) is 3.28. The van der Waals surface area contributed by atoms with E-state index in [-0.39, 0.29) is 36.1 Å². The highest BCUT2D eigenvalue weighted by Crippen LogP contribution is 2.11. The maximum atomic E-state index is 5.94. The number of nitrogens with zero attached hydrogens (tertiary/aromatic N) is 4. The van der Waals surface area contributed by atoms with Crippen molar-refractivity contribution in [2.75, 3.05) is 33.5 Å².